The fraction of sp³-hybridized carbons (Fsp3) is 0.438. The molecule has 0 aliphatic heterocycles. The van der Waals surface area contributed by atoms with Crippen molar-refractivity contribution >= 4 is 24.0 Å². The quantitative estimate of drug-likeness (QED) is 0.275. The molecule has 0 aliphatic rings. The van der Waals surface area contributed by atoms with Crippen molar-refractivity contribution in [1.29, 1.82) is 0 Å². The van der Waals surface area contributed by atoms with Gasteiger partial charge >= 0.3 is 12.2 Å². The van der Waals surface area contributed by atoms with E-state index in [9.17, 15) is 19.2 Å². The third-order valence-electron chi connectivity index (χ3n) is 5.53. The summed E-state index contributed by atoms with van der Waals surface area (Å²) in [5, 5.41) is 10.8. The molecule has 228 valence electrons. The molecular weight excluding hydrogens is 536 g/mol. The second-order valence-electron chi connectivity index (χ2n) is 11.8. The smallest absolute Gasteiger partial charge is 0.408 e. The monoisotopic (exact) mass is 580 g/mol. The minimum Gasteiger partial charge on any atom is -0.444 e. The first-order valence-electron chi connectivity index (χ1n) is 14.0. The van der Waals surface area contributed by atoms with Gasteiger partial charge < -0.3 is 30.7 Å². The van der Waals surface area contributed by atoms with Crippen molar-refractivity contribution in [3.8, 4) is 0 Å². The summed E-state index contributed by atoms with van der Waals surface area (Å²) < 4.78 is 10.6. The van der Waals surface area contributed by atoms with Crippen LogP contribution in [0.3, 0.4) is 0 Å². The Bertz CT molecular complexity index is 1190. The van der Waals surface area contributed by atoms with Gasteiger partial charge in [0.05, 0.1) is 0 Å². The Kier molecular flexibility index (Phi) is 13.1. The van der Waals surface area contributed by atoms with Crippen molar-refractivity contribution in [3.05, 3.63) is 84.1 Å². The summed E-state index contributed by atoms with van der Waals surface area (Å²) in [6.45, 7) is 10.8. The Hall–Kier alpha value is -4.34. The zero-order chi connectivity index (χ0) is 31.2. The van der Waals surface area contributed by atoms with Gasteiger partial charge in [0.1, 0.15) is 23.3 Å². The van der Waals surface area contributed by atoms with Crippen LogP contribution in [0.2, 0.25) is 0 Å². The number of ether oxygens (including phenoxy) is 2. The maximum Gasteiger partial charge on any atom is 0.408 e. The molecule has 0 heterocycles. The Morgan fingerprint density at radius 2 is 1.12 bits per heavy atom. The largest absolute Gasteiger partial charge is 0.444 e. The van der Waals surface area contributed by atoms with Gasteiger partial charge in [-0.1, -0.05) is 66.7 Å². The minimum atomic E-state index is -0.857. The Balaban J connectivity index is 1.92. The molecule has 4 N–H and O–H groups in total. The van der Waals surface area contributed by atoms with Crippen molar-refractivity contribution in [2.75, 3.05) is 6.54 Å². The van der Waals surface area contributed by atoms with E-state index in [2.05, 4.69) is 21.3 Å². The van der Waals surface area contributed by atoms with Crippen molar-refractivity contribution < 1.29 is 28.7 Å². The predicted octanol–water partition coefficient (Wildman–Crippen LogP) is 4.39. The number of amides is 4. The Morgan fingerprint density at radius 1 is 0.690 bits per heavy atom. The van der Waals surface area contributed by atoms with Crippen LogP contribution in [0.5, 0.6) is 0 Å². The van der Waals surface area contributed by atoms with Crippen molar-refractivity contribution in [3.63, 3.8) is 0 Å². The standard InChI is InChI=1S/C32H44N4O6/c1-31(2,3)41-29(39)35-25(21-23-15-9-7-10-16-23)27(37)33-19-13-14-20-34-28(38)26(22-24-17-11-8-12-18-24)36-30(40)42-32(4,5)6/h7-13,15-19,25-26H,14,20-22H2,1-6H3,(H,33,37)(H,34,38)(H,35,39)(H,36,40)/b19-13-/t25-,26-/m0/s1. The number of hydrogen-bond acceptors (Lipinski definition) is 6. The SMILES string of the molecule is CC(C)(C)OC(=O)N[C@@H](Cc1ccccc1)C(=O)N/C=C\CCNC(=O)[C@H](Cc1ccccc1)NC(=O)OC(C)(C)C. The highest BCUT2D eigenvalue weighted by Gasteiger charge is 2.25. The molecular formula is C32H44N4O6. The topological polar surface area (TPSA) is 135 Å². The van der Waals surface area contributed by atoms with E-state index in [1.54, 1.807) is 47.6 Å². The molecule has 0 saturated carbocycles. The zero-order valence-electron chi connectivity index (χ0n) is 25.4. The van der Waals surface area contributed by atoms with Gasteiger partial charge in [-0.15, -0.1) is 0 Å². The third-order valence-corrected chi connectivity index (χ3v) is 5.53. The van der Waals surface area contributed by atoms with Crippen LogP contribution in [0, 0.1) is 0 Å². The van der Waals surface area contributed by atoms with Gasteiger partial charge in [0.2, 0.25) is 11.8 Å². The first kappa shape index (κ1) is 33.9. The molecule has 0 bridgehead atoms. The molecule has 0 aromatic heterocycles. The summed E-state index contributed by atoms with van der Waals surface area (Å²) >= 11 is 0. The average Bonchev–Trinajstić information content (AvgIpc) is 2.88. The maximum absolute atomic E-state index is 12.9. The number of rotatable bonds is 12. The summed E-state index contributed by atoms with van der Waals surface area (Å²) in [7, 11) is 0. The maximum atomic E-state index is 12.9. The van der Waals surface area contributed by atoms with E-state index >= 15 is 0 Å². The number of nitrogens with one attached hydrogen (secondary N) is 4. The number of hydrogen-bond donors (Lipinski definition) is 4. The lowest BCUT2D eigenvalue weighted by Crippen LogP contribution is -2.49. The minimum absolute atomic E-state index is 0.274. The van der Waals surface area contributed by atoms with Crippen LogP contribution in [0.15, 0.2) is 72.9 Å². The highest BCUT2D eigenvalue weighted by atomic mass is 16.6. The first-order chi connectivity index (χ1) is 19.7. The van der Waals surface area contributed by atoms with E-state index in [-0.39, 0.29) is 18.9 Å². The second kappa shape index (κ2) is 16.2. The van der Waals surface area contributed by atoms with Gasteiger partial charge in [0.15, 0.2) is 0 Å². The van der Waals surface area contributed by atoms with E-state index < -0.39 is 41.4 Å². The van der Waals surface area contributed by atoms with Gasteiger partial charge in [-0.05, 0) is 65.3 Å². The van der Waals surface area contributed by atoms with Gasteiger partial charge in [0, 0.05) is 19.4 Å². The molecule has 10 nitrogen and oxygen atoms in total. The van der Waals surface area contributed by atoms with Crippen molar-refractivity contribution in [2.45, 2.75) is 84.1 Å². The fourth-order valence-electron chi connectivity index (χ4n) is 3.74. The van der Waals surface area contributed by atoms with Crippen LogP contribution >= 0.6 is 0 Å². The lowest BCUT2D eigenvalue weighted by atomic mass is 10.1. The summed E-state index contributed by atoms with van der Waals surface area (Å²) in [5.41, 5.74) is 0.368. The molecule has 0 fully saturated rings. The lowest BCUT2D eigenvalue weighted by Gasteiger charge is -2.23. The molecule has 0 saturated heterocycles. The van der Waals surface area contributed by atoms with Gasteiger partial charge in [-0.3, -0.25) is 9.59 Å². The number of benzene rings is 2. The number of carbonyl (C=O) groups excluding carboxylic acids is 4. The lowest BCUT2D eigenvalue weighted by molar-refractivity contribution is -0.123. The van der Waals surface area contributed by atoms with Crippen LogP contribution in [-0.4, -0.2) is 53.8 Å². The molecule has 4 amide bonds. The molecule has 2 atom stereocenters. The molecule has 0 aliphatic carbocycles. The average molecular weight is 581 g/mol. The highest BCUT2D eigenvalue weighted by molar-refractivity contribution is 5.87. The molecule has 0 spiro atoms. The summed E-state index contributed by atoms with van der Waals surface area (Å²) in [6, 6.07) is 17.0. The number of carbonyl (C=O) groups is 4. The highest BCUT2D eigenvalue weighted by Crippen LogP contribution is 2.10. The van der Waals surface area contributed by atoms with Crippen molar-refractivity contribution in [2.24, 2.45) is 0 Å². The predicted molar refractivity (Wildman–Crippen MR) is 162 cm³/mol. The van der Waals surface area contributed by atoms with Gasteiger partial charge in [0.25, 0.3) is 0 Å². The van der Waals surface area contributed by atoms with Crippen LogP contribution in [0.4, 0.5) is 9.59 Å². The Morgan fingerprint density at radius 3 is 1.55 bits per heavy atom. The fourth-order valence-corrected chi connectivity index (χ4v) is 3.74. The van der Waals surface area contributed by atoms with Crippen LogP contribution in [-0.2, 0) is 31.9 Å². The molecule has 2 rings (SSSR count). The van der Waals surface area contributed by atoms with Crippen LogP contribution < -0.4 is 21.3 Å². The van der Waals surface area contributed by atoms with E-state index in [0.29, 0.717) is 12.8 Å². The van der Waals surface area contributed by atoms with Crippen molar-refractivity contribution in [1.82, 2.24) is 21.3 Å². The Labute approximate surface area is 248 Å². The van der Waals surface area contributed by atoms with Crippen LogP contribution in [0.1, 0.15) is 59.1 Å². The van der Waals surface area contributed by atoms with E-state index in [1.807, 2.05) is 60.7 Å². The molecule has 10 heteroatoms. The molecule has 2 aromatic rings. The second-order valence-corrected chi connectivity index (χ2v) is 11.8. The molecule has 42 heavy (non-hydrogen) atoms. The van der Waals surface area contributed by atoms with E-state index in [1.165, 1.54) is 6.20 Å². The molecule has 0 unspecified atom stereocenters. The summed E-state index contributed by atoms with van der Waals surface area (Å²) in [6.07, 6.45) is 2.80. The third kappa shape index (κ3) is 14.3. The van der Waals surface area contributed by atoms with E-state index in [4.69, 9.17) is 9.47 Å². The normalized spacial score (nSPS) is 13.0. The van der Waals surface area contributed by atoms with Gasteiger partial charge in [-0.2, -0.15) is 0 Å². The summed E-state index contributed by atoms with van der Waals surface area (Å²) in [5.74, 6) is -0.763. The molecule has 2 aromatic carbocycles. The molecule has 0 radical (unpaired) electrons. The van der Waals surface area contributed by atoms with E-state index in [0.717, 1.165) is 11.1 Å². The first-order valence-corrected chi connectivity index (χ1v) is 14.0. The van der Waals surface area contributed by atoms with Gasteiger partial charge in [-0.25, -0.2) is 9.59 Å². The zero-order valence-corrected chi connectivity index (χ0v) is 25.4. The van der Waals surface area contributed by atoms with Crippen LogP contribution in [0.25, 0.3) is 0 Å². The summed E-state index contributed by atoms with van der Waals surface area (Å²) in [4.78, 5) is 50.5. The number of alkyl carbamates (subject to hydrolysis) is 2.